The number of anilines is 2. The van der Waals surface area contributed by atoms with Gasteiger partial charge < -0.3 is 25.1 Å². The van der Waals surface area contributed by atoms with Crippen molar-refractivity contribution in [1.82, 2.24) is 14.5 Å². The van der Waals surface area contributed by atoms with Crippen molar-refractivity contribution < 1.29 is 9.47 Å². The summed E-state index contributed by atoms with van der Waals surface area (Å²) in [5, 5.41) is 3.26. The molecule has 1 fully saturated rings. The minimum atomic E-state index is 0.268. The molecule has 3 heterocycles. The summed E-state index contributed by atoms with van der Waals surface area (Å²) >= 11 is 0. The first-order valence-electron chi connectivity index (χ1n) is 7.24. The Morgan fingerprint density at radius 1 is 1.52 bits per heavy atom. The van der Waals surface area contributed by atoms with E-state index in [-0.39, 0.29) is 12.1 Å². The van der Waals surface area contributed by atoms with E-state index >= 15 is 0 Å². The summed E-state index contributed by atoms with van der Waals surface area (Å²) < 4.78 is 12.9. The number of hydrogen-bond acceptors (Lipinski definition) is 6. The monoisotopic (exact) mass is 291 g/mol. The lowest BCUT2D eigenvalue weighted by atomic mass is 10.2. The van der Waals surface area contributed by atoms with Gasteiger partial charge in [-0.3, -0.25) is 0 Å². The number of rotatable bonds is 6. The van der Waals surface area contributed by atoms with E-state index < -0.39 is 0 Å². The molecule has 7 heteroatoms. The first-order valence-corrected chi connectivity index (χ1v) is 7.24. The van der Waals surface area contributed by atoms with Crippen molar-refractivity contribution in [3.8, 4) is 0 Å². The van der Waals surface area contributed by atoms with Crippen LogP contribution in [-0.4, -0.2) is 47.5 Å². The van der Waals surface area contributed by atoms with Crippen LogP contribution in [0, 0.1) is 0 Å². The predicted octanol–water partition coefficient (Wildman–Crippen LogP) is 1.25. The third-order valence-electron chi connectivity index (χ3n) is 3.65. The Balaban J connectivity index is 1.89. The maximum atomic E-state index is 5.77. The Kier molecular flexibility index (Phi) is 4.21. The maximum Gasteiger partial charge on any atom is 0.222 e. The number of aromatic nitrogens is 3. The fourth-order valence-corrected chi connectivity index (χ4v) is 2.68. The highest BCUT2D eigenvalue weighted by molar-refractivity contribution is 5.87. The van der Waals surface area contributed by atoms with E-state index in [2.05, 4.69) is 19.9 Å². The molecule has 0 unspecified atom stereocenters. The van der Waals surface area contributed by atoms with Gasteiger partial charge in [0, 0.05) is 33.0 Å². The molecular formula is C14H21N5O2. The van der Waals surface area contributed by atoms with Crippen LogP contribution in [0.2, 0.25) is 0 Å². The van der Waals surface area contributed by atoms with Gasteiger partial charge in [-0.05, 0) is 18.9 Å². The standard InChI is InChI=1S/C14H21N5O2/c1-20-8-5-16-13-12-11(17-14(15)18-13)4-6-19(12)9-10-3-2-7-21-10/h4,6,10H,2-3,5,7-9H2,1H3,(H3,15,16,17,18)/t10-/m1/s1. The van der Waals surface area contributed by atoms with Gasteiger partial charge in [-0.15, -0.1) is 0 Å². The van der Waals surface area contributed by atoms with Crippen LogP contribution in [0.1, 0.15) is 12.8 Å². The van der Waals surface area contributed by atoms with Gasteiger partial charge in [0.05, 0.1) is 18.2 Å². The maximum absolute atomic E-state index is 5.77. The van der Waals surface area contributed by atoms with Crippen LogP contribution in [0.25, 0.3) is 11.0 Å². The van der Waals surface area contributed by atoms with Crippen molar-refractivity contribution in [3.63, 3.8) is 0 Å². The average molecular weight is 291 g/mol. The third-order valence-corrected chi connectivity index (χ3v) is 3.65. The molecule has 0 bridgehead atoms. The van der Waals surface area contributed by atoms with Crippen molar-refractivity contribution >= 4 is 22.8 Å². The molecule has 21 heavy (non-hydrogen) atoms. The molecule has 1 saturated heterocycles. The topological polar surface area (TPSA) is 87.2 Å². The van der Waals surface area contributed by atoms with Gasteiger partial charge in [-0.25, -0.2) is 4.98 Å². The molecule has 2 aromatic heterocycles. The third kappa shape index (κ3) is 3.08. The predicted molar refractivity (Wildman–Crippen MR) is 81.3 cm³/mol. The summed E-state index contributed by atoms with van der Waals surface area (Å²) in [5.41, 5.74) is 7.59. The van der Waals surface area contributed by atoms with Crippen molar-refractivity contribution in [3.05, 3.63) is 12.3 Å². The van der Waals surface area contributed by atoms with E-state index in [1.165, 1.54) is 0 Å². The first-order chi connectivity index (χ1) is 10.3. The number of nitrogens with zero attached hydrogens (tertiary/aromatic N) is 3. The fourth-order valence-electron chi connectivity index (χ4n) is 2.68. The van der Waals surface area contributed by atoms with Gasteiger partial charge in [0.2, 0.25) is 5.95 Å². The zero-order valence-electron chi connectivity index (χ0n) is 12.2. The van der Waals surface area contributed by atoms with E-state index in [4.69, 9.17) is 15.2 Å². The molecule has 0 aromatic carbocycles. The normalized spacial score (nSPS) is 18.4. The van der Waals surface area contributed by atoms with Gasteiger partial charge in [0.25, 0.3) is 0 Å². The molecule has 0 amide bonds. The Hall–Kier alpha value is -1.86. The molecule has 1 atom stereocenters. The number of hydrogen-bond donors (Lipinski definition) is 2. The molecule has 3 N–H and O–H groups in total. The molecule has 3 rings (SSSR count). The second kappa shape index (κ2) is 6.28. The lowest BCUT2D eigenvalue weighted by molar-refractivity contribution is 0.0980. The lowest BCUT2D eigenvalue weighted by Gasteiger charge is -2.14. The van der Waals surface area contributed by atoms with Crippen LogP contribution in [0.3, 0.4) is 0 Å². The number of ether oxygens (including phenoxy) is 2. The zero-order valence-corrected chi connectivity index (χ0v) is 12.2. The summed E-state index contributed by atoms with van der Waals surface area (Å²) in [6.45, 7) is 2.95. The highest BCUT2D eigenvalue weighted by atomic mass is 16.5. The van der Waals surface area contributed by atoms with Crippen LogP contribution >= 0.6 is 0 Å². The Bertz CT molecular complexity index is 607. The van der Waals surface area contributed by atoms with Crippen molar-refractivity contribution in [2.24, 2.45) is 0 Å². The molecule has 7 nitrogen and oxygen atoms in total. The molecule has 0 radical (unpaired) electrons. The van der Waals surface area contributed by atoms with Crippen molar-refractivity contribution in [1.29, 1.82) is 0 Å². The van der Waals surface area contributed by atoms with Crippen LogP contribution in [-0.2, 0) is 16.0 Å². The largest absolute Gasteiger partial charge is 0.383 e. The summed E-state index contributed by atoms with van der Waals surface area (Å²) in [4.78, 5) is 8.61. The summed E-state index contributed by atoms with van der Waals surface area (Å²) in [5.74, 6) is 1.02. The second-order valence-corrected chi connectivity index (χ2v) is 5.19. The number of nitrogens with one attached hydrogen (secondary N) is 1. The molecule has 1 aliphatic rings. The second-order valence-electron chi connectivity index (χ2n) is 5.19. The summed E-state index contributed by atoms with van der Waals surface area (Å²) in [6.07, 6.45) is 4.51. The van der Waals surface area contributed by atoms with Gasteiger partial charge in [-0.2, -0.15) is 4.98 Å². The molecule has 114 valence electrons. The van der Waals surface area contributed by atoms with Crippen LogP contribution < -0.4 is 11.1 Å². The van der Waals surface area contributed by atoms with E-state index in [0.29, 0.717) is 13.2 Å². The molecule has 1 aliphatic heterocycles. The Morgan fingerprint density at radius 2 is 2.43 bits per heavy atom. The fraction of sp³-hybridized carbons (Fsp3) is 0.571. The summed E-state index contributed by atoms with van der Waals surface area (Å²) in [7, 11) is 1.67. The minimum absolute atomic E-state index is 0.268. The van der Waals surface area contributed by atoms with Crippen LogP contribution in [0.4, 0.5) is 11.8 Å². The zero-order chi connectivity index (χ0) is 14.7. The van der Waals surface area contributed by atoms with Gasteiger partial charge in [0.1, 0.15) is 5.52 Å². The average Bonchev–Trinajstić information content (AvgIpc) is 3.10. The summed E-state index contributed by atoms with van der Waals surface area (Å²) in [6, 6.07) is 1.96. The molecule has 0 spiro atoms. The Labute approximate surface area is 123 Å². The van der Waals surface area contributed by atoms with Gasteiger partial charge in [0.15, 0.2) is 5.82 Å². The first kappa shape index (κ1) is 14.1. The van der Waals surface area contributed by atoms with Gasteiger partial charge in [-0.1, -0.05) is 0 Å². The van der Waals surface area contributed by atoms with E-state index in [1.807, 2.05) is 12.3 Å². The number of nitrogen functional groups attached to an aromatic ring is 1. The lowest BCUT2D eigenvalue weighted by Crippen LogP contribution is -2.16. The van der Waals surface area contributed by atoms with E-state index in [0.717, 1.165) is 42.8 Å². The minimum Gasteiger partial charge on any atom is -0.383 e. The number of fused-ring (bicyclic) bond motifs is 1. The van der Waals surface area contributed by atoms with Crippen LogP contribution in [0.5, 0.6) is 0 Å². The molecule has 0 aliphatic carbocycles. The Morgan fingerprint density at radius 3 is 3.19 bits per heavy atom. The van der Waals surface area contributed by atoms with E-state index in [1.54, 1.807) is 7.11 Å². The van der Waals surface area contributed by atoms with Crippen molar-refractivity contribution in [2.45, 2.75) is 25.5 Å². The quantitative estimate of drug-likeness (QED) is 0.779. The molecular weight excluding hydrogens is 270 g/mol. The van der Waals surface area contributed by atoms with E-state index in [9.17, 15) is 0 Å². The van der Waals surface area contributed by atoms with Crippen molar-refractivity contribution in [2.75, 3.05) is 37.9 Å². The van der Waals surface area contributed by atoms with Crippen LogP contribution in [0.15, 0.2) is 12.3 Å². The molecule has 0 saturated carbocycles. The smallest absolute Gasteiger partial charge is 0.222 e. The number of nitrogens with two attached hydrogens (primary N) is 1. The molecule has 2 aromatic rings. The number of methoxy groups -OCH3 is 1. The highest BCUT2D eigenvalue weighted by Crippen LogP contribution is 2.24. The highest BCUT2D eigenvalue weighted by Gasteiger charge is 2.18. The van der Waals surface area contributed by atoms with Gasteiger partial charge >= 0.3 is 0 Å². The SMILES string of the molecule is COCCNc1nc(N)nc2ccn(C[C@H]3CCCO3)c12.